The number of hydrogen-bond donors (Lipinski definition) is 0. The minimum atomic E-state index is -1.30. The second-order valence-electron chi connectivity index (χ2n) is 4.04. The molecule has 0 N–H and O–H groups in total. The first kappa shape index (κ1) is 17.9. The van der Waals surface area contributed by atoms with Crippen molar-refractivity contribution in [1.82, 2.24) is 0 Å². The monoisotopic (exact) mass is 762 g/mol. The van der Waals surface area contributed by atoms with Gasteiger partial charge in [-0.25, -0.2) is 0 Å². The number of hydrogen-bond acceptors (Lipinski definition) is 0. The molecule has 0 aliphatic heterocycles. The summed E-state index contributed by atoms with van der Waals surface area (Å²) in [6.07, 6.45) is 0. The van der Waals surface area contributed by atoms with Gasteiger partial charge in [0.25, 0.3) is 0 Å². The number of benzene rings is 1. The fourth-order valence-corrected chi connectivity index (χ4v) is 0.938. The molecule has 0 aliphatic rings. The van der Waals surface area contributed by atoms with Crippen molar-refractivity contribution in [2.24, 2.45) is 0 Å². The molecule has 1 aromatic carbocycles. The van der Waals surface area contributed by atoms with E-state index in [1.807, 2.05) is 0 Å². The van der Waals surface area contributed by atoms with Crippen LogP contribution in [0.25, 0.3) is 0 Å². The summed E-state index contributed by atoms with van der Waals surface area (Å²) in [5, 5.41) is 0. The summed E-state index contributed by atoms with van der Waals surface area (Å²) < 4.78 is -1.30. The van der Waals surface area contributed by atoms with Crippen molar-refractivity contribution >= 4 is 77.0 Å². The van der Waals surface area contributed by atoms with Gasteiger partial charge in [0.1, 0.15) is 0 Å². The van der Waals surface area contributed by atoms with E-state index in [4.69, 9.17) is 0 Å². The van der Waals surface area contributed by atoms with Crippen molar-refractivity contribution < 1.29 is 0 Å². The van der Waals surface area contributed by atoms with Gasteiger partial charge in [0.2, 0.25) is 0 Å². The number of rotatable bonds is 0. The minimum absolute atomic E-state index is 0.293. The molecule has 0 aliphatic carbocycles. The first-order valence-electron chi connectivity index (χ1n) is 4.42. The van der Waals surface area contributed by atoms with Crippen LogP contribution in [0.4, 0.5) is 0 Å². The Morgan fingerprint density at radius 3 is 1.40 bits per heavy atom. The summed E-state index contributed by atoms with van der Waals surface area (Å²) in [5.41, 5.74) is 1.69. The van der Waals surface area contributed by atoms with E-state index in [-0.39, 0.29) is 0 Å². The molecule has 0 heterocycles. The Morgan fingerprint density at radius 1 is 0.867 bits per heavy atom. The molecule has 0 radical (unpaired) electrons. The fraction of sp³-hybridized carbons (Fsp3) is 0.400. The van der Waals surface area contributed by atoms with Gasteiger partial charge in [-0.05, 0) is 11.0 Å². The average molecular weight is 761 g/mol. The quantitative estimate of drug-likeness (QED) is 0.220. The van der Waals surface area contributed by atoms with Gasteiger partial charge in [0.15, 0.2) is 0 Å². The molecule has 0 amide bonds. The van der Waals surface area contributed by atoms with E-state index in [0.29, 0.717) is 5.41 Å². The van der Waals surface area contributed by atoms with Crippen molar-refractivity contribution in [2.75, 3.05) is 0 Å². The van der Waals surface area contributed by atoms with Crippen molar-refractivity contribution in [3.8, 4) is 0 Å². The first-order valence-corrected chi connectivity index (χ1v) is 37.7. The molecular formula is C10H14I4Sn. The zero-order chi connectivity index (χ0) is 12.1. The Labute approximate surface area is 136 Å². The fourth-order valence-electron chi connectivity index (χ4n) is 0.938. The number of halogens is 4. The predicted octanol–water partition coefficient (Wildman–Crippen LogP) is 6.15. The summed E-state index contributed by atoms with van der Waals surface area (Å²) in [6, 6.07) is 10.6. The molecule has 0 aromatic heterocycles. The molecular weight excluding hydrogens is 746 g/mol. The molecule has 0 nitrogen and oxygen atoms in total. The molecule has 0 spiro atoms. The van der Waals surface area contributed by atoms with Crippen LogP contribution in [0.1, 0.15) is 26.3 Å². The molecule has 1 aromatic rings. The van der Waals surface area contributed by atoms with Gasteiger partial charge in [-0.2, -0.15) is 0 Å². The molecule has 0 unspecified atom stereocenters. The Hall–Kier alpha value is 2.94. The third kappa shape index (κ3) is 13.2. The third-order valence-corrected chi connectivity index (χ3v) is 1.64. The molecule has 0 saturated carbocycles. The molecule has 0 saturated heterocycles. The van der Waals surface area contributed by atoms with E-state index in [1.165, 1.54) is 5.56 Å². The Balaban J connectivity index is 0.000000336. The standard InChI is InChI=1S/C10H14.4HI.Sn/c1-10(2,3)9-7-5-4-6-8-9;;;;;/h4-8H,1-3H3;4*1H;/q;;;;;+4/p-4. The van der Waals surface area contributed by atoms with Gasteiger partial charge in [0, 0.05) is 0 Å². The van der Waals surface area contributed by atoms with Crippen molar-refractivity contribution in [2.45, 2.75) is 26.2 Å². The molecule has 0 bridgehead atoms. The molecule has 86 valence electrons. The van der Waals surface area contributed by atoms with Crippen LogP contribution in [0.3, 0.4) is 0 Å². The Bertz CT molecular complexity index is 268. The topological polar surface area (TPSA) is 0 Å². The maximum absolute atomic E-state index is 2.55. The Morgan fingerprint density at radius 2 is 1.20 bits per heavy atom. The van der Waals surface area contributed by atoms with Crippen LogP contribution >= 0.6 is 74.5 Å². The summed E-state index contributed by atoms with van der Waals surface area (Å²) >= 11 is 10.2. The second kappa shape index (κ2) is 8.18. The third-order valence-electron chi connectivity index (χ3n) is 1.64. The predicted molar refractivity (Wildman–Crippen MR) is 107 cm³/mol. The molecule has 15 heavy (non-hydrogen) atoms. The van der Waals surface area contributed by atoms with E-state index in [1.54, 1.807) is 0 Å². The van der Waals surface area contributed by atoms with Crippen LogP contribution < -0.4 is 0 Å². The SMILES string of the molecule is CC(C)(C)c1ccccc1.[I][Sn]([I])([I])[I]. The van der Waals surface area contributed by atoms with Gasteiger partial charge in [0.05, 0.1) is 0 Å². The van der Waals surface area contributed by atoms with Crippen molar-refractivity contribution in [3.63, 3.8) is 0 Å². The summed E-state index contributed by atoms with van der Waals surface area (Å²) in [6.45, 7) is 6.67. The van der Waals surface area contributed by atoms with E-state index < -0.39 is 2.50 Å². The van der Waals surface area contributed by atoms with E-state index in [9.17, 15) is 0 Å². The van der Waals surface area contributed by atoms with Crippen LogP contribution in [0.2, 0.25) is 0 Å². The van der Waals surface area contributed by atoms with Crippen LogP contribution in [-0.4, -0.2) is 2.50 Å². The van der Waals surface area contributed by atoms with Crippen LogP contribution in [0.5, 0.6) is 0 Å². The molecule has 0 fully saturated rings. The zero-order valence-electron chi connectivity index (χ0n) is 8.90. The van der Waals surface area contributed by atoms with Gasteiger partial charge < -0.3 is 0 Å². The maximum atomic E-state index is 2.55. The van der Waals surface area contributed by atoms with Crippen LogP contribution in [-0.2, 0) is 5.41 Å². The van der Waals surface area contributed by atoms with E-state index in [0.717, 1.165) is 0 Å². The van der Waals surface area contributed by atoms with Crippen molar-refractivity contribution in [3.05, 3.63) is 35.9 Å². The molecule has 0 atom stereocenters. The molecule has 5 heteroatoms. The van der Waals surface area contributed by atoms with Gasteiger partial charge >= 0.3 is 77.0 Å². The summed E-state index contributed by atoms with van der Waals surface area (Å²) in [4.78, 5) is 0. The van der Waals surface area contributed by atoms with Gasteiger partial charge in [-0.1, -0.05) is 51.1 Å². The van der Waals surface area contributed by atoms with Gasteiger partial charge in [-0.3, -0.25) is 0 Å². The Kier molecular flexibility index (Phi) is 9.78. The van der Waals surface area contributed by atoms with Crippen LogP contribution in [0, 0.1) is 0 Å². The normalized spacial score (nSPS) is 11.7. The second-order valence-corrected chi connectivity index (χ2v) is 133. The van der Waals surface area contributed by atoms with Crippen LogP contribution in [0.15, 0.2) is 30.3 Å². The average Bonchev–Trinajstić information content (AvgIpc) is 2.01. The van der Waals surface area contributed by atoms with E-state index >= 15 is 0 Å². The van der Waals surface area contributed by atoms with E-state index in [2.05, 4.69) is 126 Å². The van der Waals surface area contributed by atoms with Crippen molar-refractivity contribution in [1.29, 1.82) is 0 Å². The summed E-state index contributed by atoms with van der Waals surface area (Å²) in [7, 11) is 0. The zero-order valence-corrected chi connectivity index (χ0v) is 20.4. The summed E-state index contributed by atoms with van der Waals surface area (Å²) in [5.74, 6) is 0. The van der Waals surface area contributed by atoms with Gasteiger partial charge in [-0.15, -0.1) is 0 Å². The first-order chi connectivity index (χ1) is 6.61. The molecule has 1 rings (SSSR count).